The minimum atomic E-state index is -1.30. The van der Waals surface area contributed by atoms with E-state index < -0.39 is 42.1 Å². The highest BCUT2D eigenvalue weighted by molar-refractivity contribution is 8.26. The molecule has 3 aromatic rings. The topological polar surface area (TPSA) is 107 Å². The van der Waals surface area contributed by atoms with Gasteiger partial charge in [0.15, 0.2) is 11.6 Å². The number of thiocarbonyl (C=S) groups is 1. The molecule has 12 heteroatoms. The summed E-state index contributed by atoms with van der Waals surface area (Å²) in [6.07, 6.45) is 1.57. The number of benzene rings is 2. The predicted molar refractivity (Wildman–Crippen MR) is 138 cm³/mol. The molecular formula is C24H16F2N2O5S3. The van der Waals surface area contributed by atoms with E-state index in [0.717, 1.165) is 28.8 Å². The van der Waals surface area contributed by atoms with Crippen LogP contribution in [0.4, 0.5) is 14.5 Å². The predicted octanol–water partition coefficient (Wildman–Crippen LogP) is 4.59. The van der Waals surface area contributed by atoms with Crippen LogP contribution in [0, 0.1) is 11.6 Å². The molecule has 1 aromatic heterocycles. The number of carbonyl (C=O) groups excluding carboxylic acids is 2. The molecule has 1 aliphatic heterocycles. The maximum Gasteiger partial charge on any atom is 0.335 e. The number of thiophene rings is 1. The number of carboxylic acid groups (broad SMARTS) is 1. The standard InChI is InChI=1S/C24H16F2N2O5S3/c25-17-6-3-13(8-18(17)26)14-7-16(35-11-14)9-20-22(31)28(24(34)36-20)19(10-29)21(30)27-15-4-1-12(2-5-15)23(32)33/h1-9,11,19,29H,10H2,(H,27,30)(H,32,33)/b20-9-/t19-/m0/s1. The van der Waals surface area contributed by atoms with Gasteiger partial charge in [-0.1, -0.05) is 30.0 Å². The maximum atomic E-state index is 13.6. The first-order valence-corrected chi connectivity index (χ1v) is 12.3. The van der Waals surface area contributed by atoms with E-state index in [-0.39, 0.29) is 20.5 Å². The molecule has 0 aliphatic carbocycles. The first kappa shape index (κ1) is 25.6. The number of anilines is 1. The number of thioether (sulfide) groups is 1. The van der Waals surface area contributed by atoms with Crippen molar-refractivity contribution in [2.24, 2.45) is 0 Å². The van der Waals surface area contributed by atoms with Crippen molar-refractivity contribution >= 4 is 69.2 Å². The molecule has 1 saturated heterocycles. The van der Waals surface area contributed by atoms with Gasteiger partial charge in [0.1, 0.15) is 10.4 Å². The number of nitrogens with one attached hydrogen (secondary N) is 1. The Morgan fingerprint density at radius 3 is 2.44 bits per heavy atom. The van der Waals surface area contributed by atoms with E-state index >= 15 is 0 Å². The van der Waals surface area contributed by atoms with Gasteiger partial charge in [0.25, 0.3) is 5.91 Å². The highest BCUT2D eigenvalue weighted by atomic mass is 32.2. The van der Waals surface area contributed by atoms with Crippen LogP contribution in [0.3, 0.4) is 0 Å². The number of carbonyl (C=O) groups is 3. The molecule has 0 radical (unpaired) electrons. The summed E-state index contributed by atoms with van der Waals surface area (Å²) in [6.45, 7) is -0.696. The number of aliphatic hydroxyl groups is 1. The number of hydrogen-bond acceptors (Lipinski definition) is 7. The van der Waals surface area contributed by atoms with Crippen LogP contribution in [0.1, 0.15) is 15.2 Å². The molecule has 7 nitrogen and oxygen atoms in total. The van der Waals surface area contributed by atoms with Gasteiger partial charge in [-0.25, -0.2) is 13.6 Å². The molecule has 3 N–H and O–H groups in total. The zero-order chi connectivity index (χ0) is 26.0. The third-order valence-corrected chi connectivity index (χ3v) is 7.37. The quantitative estimate of drug-likeness (QED) is 0.294. The average Bonchev–Trinajstić information content (AvgIpc) is 3.42. The molecule has 184 valence electrons. The Kier molecular flexibility index (Phi) is 7.59. The van der Waals surface area contributed by atoms with Crippen molar-refractivity contribution in [2.45, 2.75) is 6.04 Å². The van der Waals surface area contributed by atoms with Gasteiger partial charge in [-0.05, 0) is 65.0 Å². The number of aliphatic hydroxyl groups excluding tert-OH is 1. The summed E-state index contributed by atoms with van der Waals surface area (Å²) in [4.78, 5) is 38.7. The Morgan fingerprint density at radius 1 is 1.08 bits per heavy atom. The summed E-state index contributed by atoms with van der Waals surface area (Å²) < 4.78 is 26.9. The molecule has 4 rings (SSSR count). The van der Waals surface area contributed by atoms with Crippen molar-refractivity contribution in [1.82, 2.24) is 4.90 Å². The number of aromatic carboxylic acids is 1. The molecule has 0 unspecified atom stereocenters. The van der Waals surface area contributed by atoms with Crippen molar-refractivity contribution < 1.29 is 33.4 Å². The summed E-state index contributed by atoms with van der Waals surface area (Å²) in [5, 5.41) is 23.1. The zero-order valence-corrected chi connectivity index (χ0v) is 20.6. The van der Waals surface area contributed by atoms with E-state index in [2.05, 4.69) is 5.32 Å². The van der Waals surface area contributed by atoms with Crippen LogP contribution in [0.25, 0.3) is 17.2 Å². The fraction of sp³-hybridized carbons (Fsp3) is 0.0833. The highest BCUT2D eigenvalue weighted by Crippen LogP contribution is 2.36. The summed E-state index contributed by atoms with van der Waals surface area (Å²) in [5.74, 6) is -4.30. The molecule has 2 heterocycles. The fourth-order valence-electron chi connectivity index (χ4n) is 3.34. The Bertz CT molecular complexity index is 1400. The zero-order valence-electron chi connectivity index (χ0n) is 18.1. The molecule has 0 saturated carbocycles. The van der Waals surface area contributed by atoms with Crippen LogP contribution in [-0.4, -0.2) is 49.9 Å². The Morgan fingerprint density at radius 2 is 1.81 bits per heavy atom. The largest absolute Gasteiger partial charge is 0.478 e. The Hall–Kier alpha value is -3.45. The van der Waals surface area contributed by atoms with E-state index in [9.17, 15) is 28.3 Å². The van der Waals surface area contributed by atoms with Gasteiger partial charge >= 0.3 is 5.97 Å². The maximum absolute atomic E-state index is 13.6. The second-order valence-corrected chi connectivity index (χ2v) is 10.1. The average molecular weight is 547 g/mol. The third-order valence-electron chi connectivity index (χ3n) is 5.16. The monoisotopic (exact) mass is 546 g/mol. The van der Waals surface area contributed by atoms with E-state index in [4.69, 9.17) is 17.3 Å². The van der Waals surface area contributed by atoms with Crippen LogP contribution in [-0.2, 0) is 9.59 Å². The van der Waals surface area contributed by atoms with Gasteiger partial charge in [0.2, 0.25) is 5.91 Å². The molecule has 0 spiro atoms. The van der Waals surface area contributed by atoms with Gasteiger partial charge in [0, 0.05) is 10.6 Å². The number of nitrogens with zero attached hydrogens (tertiary/aromatic N) is 1. The SMILES string of the molecule is O=C(O)c1ccc(NC(=O)[C@H](CO)N2C(=O)/C(=C/c3cc(-c4ccc(F)c(F)c4)cs3)SC2=S)cc1. The molecule has 2 amide bonds. The van der Waals surface area contributed by atoms with E-state index in [1.54, 1.807) is 17.5 Å². The van der Waals surface area contributed by atoms with Crippen molar-refractivity contribution in [1.29, 1.82) is 0 Å². The molecule has 1 aliphatic rings. The lowest BCUT2D eigenvalue weighted by Gasteiger charge is -2.24. The van der Waals surface area contributed by atoms with Crippen LogP contribution in [0.2, 0.25) is 0 Å². The summed E-state index contributed by atoms with van der Waals surface area (Å²) in [7, 11) is 0. The summed E-state index contributed by atoms with van der Waals surface area (Å²) in [6, 6.07) is 9.37. The van der Waals surface area contributed by atoms with Crippen LogP contribution in [0.5, 0.6) is 0 Å². The minimum absolute atomic E-state index is 0.0371. The van der Waals surface area contributed by atoms with Crippen LogP contribution in [0.15, 0.2) is 58.8 Å². The van der Waals surface area contributed by atoms with Crippen molar-refractivity contribution in [3.63, 3.8) is 0 Å². The van der Waals surface area contributed by atoms with Gasteiger partial charge in [-0.15, -0.1) is 11.3 Å². The number of amides is 2. The number of halogens is 2. The highest BCUT2D eigenvalue weighted by Gasteiger charge is 2.40. The van der Waals surface area contributed by atoms with E-state index in [1.165, 1.54) is 41.7 Å². The first-order chi connectivity index (χ1) is 17.2. The van der Waals surface area contributed by atoms with Crippen molar-refractivity contribution in [3.8, 4) is 11.1 Å². The molecule has 0 bridgehead atoms. The molecule has 1 fully saturated rings. The molecule has 2 aromatic carbocycles. The Labute approximate surface area is 217 Å². The van der Waals surface area contributed by atoms with Gasteiger partial charge in [-0.2, -0.15) is 0 Å². The van der Waals surface area contributed by atoms with Crippen LogP contribution < -0.4 is 5.32 Å². The summed E-state index contributed by atoms with van der Waals surface area (Å²) >= 11 is 7.54. The van der Waals surface area contributed by atoms with Crippen molar-refractivity contribution in [3.05, 3.63) is 80.9 Å². The van der Waals surface area contributed by atoms with E-state index in [1.807, 2.05) is 0 Å². The number of carboxylic acids is 1. The molecule has 1 atom stereocenters. The van der Waals surface area contributed by atoms with Crippen molar-refractivity contribution in [2.75, 3.05) is 11.9 Å². The van der Waals surface area contributed by atoms with E-state index in [0.29, 0.717) is 16.0 Å². The lowest BCUT2D eigenvalue weighted by Crippen LogP contribution is -2.48. The van der Waals surface area contributed by atoms with Gasteiger partial charge in [0.05, 0.1) is 17.1 Å². The smallest absolute Gasteiger partial charge is 0.335 e. The van der Waals surface area contributed by atoms with Gasteiger partial charge < -0.3 is 15.5 Å². The lowest BCUT2D eigenvalue weighted by molar-refractivity contribution is -0.131. The third kappa shape index (κ3) is 5.36. The number of rotatable bonds is 7. The molecule has 36 heavy (non-hydrogen) atoms. The van der Waals surface area contributed by atoms with Crippen LogP contribution >= 0.6 is 35.3 Å². The minimum Gasteiger partial charge on any atom is -0.478 e. The summed E-state index contributed by atoms with van der Waals surface area (Å²) in [5.41, 5.74) is 1.44. The lowest BCUT2D eigenvalue weighted by atomic mass is 10.1. The number of hydrogen-bond donors (Lipinski definition) is 3. The first-order valence-electron chi connectivity index (χ1n) is 10.2. The normalized spacial score (nSPS) is 15.4. The van der Waals surface area contributed by atoms with Gasteiger partial charge in [-0.3, -0.25) is 14.5 Å². The second-order valence-electron chi connectivity index (χ2n) is 7.49. The Balaban J connectivity index is 1.50. The second kappa shape index (κ2) is 10.7. The fourth-order valence-corrected chi connectivity index (χ4v) is 5.61. The molecular weight excluding hydrogens is 530 g/mol.